The molecule has 0 aromatic rings. The van der Waals surface area contributed by atoms with E-state index in [1.807, 2.05) is 0 Å². The average Bonchev–Trinajstić information content (AvgIpc) is 1.64. The van der Waals surface area contributed by atoms with Gasteiger partial charge in [-0.1, -0.05) is 6.92 Å². The summed E-state index contributed by atoms with van der Waals surface area (Å²) in [5.74, 6) is -4.85. The Morgan fingerprint density at radius 2 is 1.44 bits per heavy atom. The summed E-state index contributed by atoms with van der Waals surface area (Å²) in [6.07, 6.45) is -0.128. The van der Waals surface area contributed by atoms with Crippen LogP contribution in [0.2, 0.25) is 0 Å². The Labute approximate surface area is 53.4 Å². The van der Waals surface area contributed by atoms with Gasteiger partial charge in [-0.15, -0.1) is 0 Å². The molecule has 0 saturated carbocycles. The van der Waals surface area contributed by atoms with E-state index in [1.54, 1.807) is 0 Å². The maximum absolute atomic E-state index is 8.72. The van der Waals surface area contributed by atoms with Crippen molar-refractivity contribution in [2.75, 3.05) is 0 Å². The summed E-state index contributed by atoms with van der Waals surface area (Å²) in [4.78, 5) is 0. The van der Waals surface area contributed by atoms with Crippen LogP contribution in [0.25, 0.3) is 0 Å². The summed E-state index contributed by atoms with van der Waals surface area (Å²) in [5.41, 5.74) is 0. The normalized spacial score (nSPS) is 14.0. The van der Waals surface area contributed by atoms with E-state index in [1.165, 1.54) is 6.92 Å². The van der Waals surface area contributed by atoms with Crippen molar-refractivity contribution in [3.63, 3.8) is 0 Å². The average molecular weight is 136 g/mol. The first-order valence-corrected chi connectivity index (χ1v) is 2.71. The Morgan fingerprint density at radius 3 is 1.44 bits per heavy atom. The molecule has 0 bridgehead atoms. The number of hydrogen-bond acceptors (Lipinski definition) is 4. The van der Waals surface area contributed by atoms with Crippen molar-refractivity contribution >= 4 is 0 Å². The van der Waals surface area contributed by atoms with Crippen LogP contribution in [0, 0.1) is 0 Å². The highest BCUT2D eigenvalue weighted by Gasteiger charge is 2.40. The standard InChI is InChI=1S/C5H12O4/c1-3-5(8,9)4(2,6)7/h6-9H,3H2,1-2H3. The smallest absolute Gasteiger partial charge is 0.217 e. The molecular formula is C5H12O4. The summed E-state index contributed by atoms with van der Waals surface area (Å²) < 4.78 is 0. The Kier molecular flexibility index (Phi) is 2.19. The Morgan fingerprint density at radius 1 is 1.11 bits per heavy atom. The molecule has 0 aliphatic heterocycles. The minimum absolute atomic E-state index is 0.128. The molecule has 0 amide bonds. The van der Waals surface area contributed by atoms with Gasteiger partial charge >= 0.3 is 0 Å². The fraction of sp³-hybridized carbons (Fsp3) is 1.00. The fourth-order valence-corrected chi connectivity index (χ4v) is 0.335. The minimum atomic E-state index is -2.44. The summed E-state index contributed by atoms with van der Waals surface area (Å²) in [6.45, 7) is 2.35. The molecule has 0 spiro atoms. The second-order valence-electron chi connectivity index (χ2n) is 2.19. The van der Waals surface area contributed by atoms with E-state index in [0.29, 0.717) is 0 Å². The van der Waals surface area contributed by atoms with Crippen LogP contribution in [0.1, 0.15) is 20.3 Å². The molecule has 9 heavy (non-hydrogen) atoms. The first-order chi connectivity index (χ1) is 3.81. The van der Waals surface area contributed by atoms with E-state index in [4.69, 9.17) is 20.4 Å². The van der Waals surface area contributed by atoms with Gasteiger partial charge in [0.05, 0.1) is 0 Å². The predicted molar refractivity (Wildman–Crippen MR) is 30.3 cm³/mol. The van der Waals surface area contributed by atoms with E-state index in [9.17, 15) is 0 Å². The molecule has 0 heterocycles. The van der Waals surface area contributed by atoms with Gasteiger partial charge in [0, 0.05) is 6.42 Å². The summed E-state index contributed by atoms with van der Waals surface area (Å²) in [5, 5.41) is 34.6. The van der Waals surface area contributed by atoms with Crippen LogP contribution in [-0.2, 0) is 0 Å². The van der Waals surface area contributed by atoms with Crippen LogP contribution in [0.3, 0.4) is 0 Å². The molecule has 4 N–H and O–H groups in total. The molecule has 0 aromatic heterocycles. The van der Waals surface area contributed by atoms with E-state index in [-0.39, 0.29) is 6.42 Å². The molecule has 4 heteroatoms. The third-order valence-electron chi connectivity index (χ3n) is 1.25. The van der Waals surface area contributed by atoms with Gasteiger partial charge in [0.15, 0.2) is 0 Å². The number of rotatable bonds is 2. The monoisotopic (exact) mass is 136 g/mol. The maximum atomic E-state index is 8.72. The molecular weight excluding hydrogens is 124 g/mol. The molecule has 0 rings (SSSR count). The third-order valence-corrected chi connectivity index (χ3v) is 1.25. The van der Waals surface area contributed by atoms with Gasteiger partial charge in [-0.2, -0.15) is 0 Å². The van der Waals surface area contributed by atoms with Crippen LogP contribution < -0.4 is 0 Å². The van der Waals surface area contributed by atoms with E-state index in [2.05, 4.69) is 0 Å². The van der Waals surface area contributed by atoms with E-state index >= 15 is 0 Å². The first kappa shape index (κ1) is 8.84. The van der Waals surface area contributed by atoms with E-state index < -0.39 is 11.6 Å². The first-order valence-electron chi connectivity index (χ1n) is 2.71. The van der Waals surface area contributed by atoms with Crippen LogP contribution in [0.5, 0.6) is 0 Å². The number of aliphatic hydroxyl groups is 4. The minimum Gasteiger partial charge on any atom is -0.362 e. The molecule has 0 aliphatic rings. The second-order valence-corrected chi connectivity index (χ2v) is 2.19. The van der Waals surface area contributed by atoms with Crippen molar-refractivity contribution in [1.29, 1.82) is 0 Å². The highest BCUT2D eigenvalue weighted by molar-refractivity contribution is 4.75. The summed E-state index contributed by atoms with van der Waals surface area (Å²) in [6, 6.07) is 0. The Balaban J connectivity index is 4.14. The summed E-state index contributed by atoms with van der Waals surface area (Å²) in [7, 11) is 0. The fourth-order valence-electron chi connectivity index (χ4n) is 0.335. The topological polar surface area (TPSA) is 80.9 Å². The zero-order chi connectivity index (χ0) is 7.71. The Bertz CT molecular complexity index is 91.6. The van der Waals surface area contributed by atoms with Gasteiger partial charge in [0.25, 0.3) is 0 Å². The van der Waals surface area contributed by atoms with Crippen molar-refractivity contribution in [2.24, 2.45) is 0 Å². The van der Waals surface area contributed by atoms with Gasteiger partial charge in [-0.05, 0) is 6.92 Å². The van der Waals surface area contributed by atoms with Crippen LogP contribution in [0.4, 0.5) is 0 Å². The van der Waals surface area contributed by atoms with Gasteiger partial charge in [0.1, 0.15) is 0 Å². The van der Waals surface area contributed by atoms with Crippen molar-refractivity contribution in [1.82, 2.24) is 0 Å². The van der Waals surface area contributed by atoms with Gasteiger partial charge in [-0.3, -0.25) is 0 Å². The highest BCUT2D eigenvalue weighted by atomic mass is 16.6. The number of hydrogen-bond donors (Lipinski definition) is 4. The van der Waals surface area contributed by atoms with Crippen molar-refractivity contribution < 1.29 is 20.4 Å². The zero-order valence-corrected chi connectivity index (χ0v) is 5.50. The zero-order valence-electron chi connectivity index (χ0n) is 5.50. The maximum Gasteiger partial charge on any atom is 0.217 e. The van der Waals surface area contributed by atoms with Gasteiger partial charge < -0.3 is 20.4 Å². The molecule has 4 nitrogen and oxygen atoms in total. The van der Waals surface area contributed by atoms with Crippen LogP contribution in [0.15, 0.2) is 0 Å². The van der Waals surface area contributed by atoms with Crippen LogP contribution >= 0.6 is 0 Å². The SMILES string of the molecule is CCC(O)(O)C(C)(O)O. The molecule has 0 saturated heterocycles. The lowest BCUT2D eigenvalue weighted by Crippen LogP contribution is -2.51. The molecule has 0 aromatic carbocycles. The van der Waals surface area contributed by atoms with Crippen molar-refractivity contribution in [3.8, 4) is 0 Å². The van der Waals surface area contributed by atoms with Crippen molar-refractivity contribution in [3.05, 3.63) is 0 Å². The van der Waals surface area contributed by atoms with Gasteiger partial charge in [0.2, 0.25) is 11.6 Å². The molecule has 0 unspecified atom stereocenters. The van der Waals surface area contributed by atoms with E-state index in [0.717, 1.165) is 6.92 Å². The highest BCUT2D eigenvalue weighted by Crippen LogP contribution is 2.18. The second kappa shape index (κ2) is 2.22. The van der Waals surface area contributed by atoms with Crippen molar-refractivity contribution in [2.45, 2.75) is 31.8 Å². The lowest BCUT2D eigenvalue weighted by molar-refractivity contribution is -0.348. The molecule has 56 valence electrons. The van der Waals surface area contributed by atoms with Gasteiger partial charge in [-0.25, -0.2) is 0 Å². The summed E-state index contributed by atoms with van der Waals surface area (Å²) >= 11 is 0. The predicted octanol–water partition coefficient (Wildman–Crippen LogP) is -1.22. The third kappa shape index (κ3) is 1.91. The molecule has 0 fully saturated rings. The molecule has 0 radical (unpaired) electrons. The molecule has 0 aliphatic carbocycles. The largest absolute Gasteiger partial charge is 0.362 e. The lowest BCUT2D eigenvalue weighted by Gasteiger charge is -2.30. The quantitative estimate of drug-likeness (QED) is 0.359. The van der Waals surface area contributed by atoms with Crippen LogP contribution in [-0.4, -0.2) is 32.0 Å². The molecule has 0 atom stereocenters. The Hall–Kier alpha value is -0.160. The lowest BCUT2D eigenvalue weighted by atomic mass is 10.1.